The van der Waals surface area contributed by atoms with Crippen LogP contribution in [0.3, 0.4) is 0 Å². The molecule has 1 rings (SSSR count). The van der Waals surface area contributed by atoms with E-state index in [1.54, 1.807) is 0 Å². The summed E-state index contributed by atoms with van der Waals surface area (Å²) in [6, 6.07) is 4.27. The molecule has 0 fully saturated rings. The fourth-order valence-electron chi connectivity index (χ4n) is 1.81. The molecule has 0 unspecified atom stereocenters. The van der Waals surface area contributed by atoms with Crippen LogP contribution in [0.2, 0.25) is 0 Å². The molecule has 18 heavy (non-hydrogen) atoms. The van der Waals surface area contributed by atoms with Crippen LogP contribution in [0.25, 0.3) is 0 Å². The Balaban J connectivity index is 2.98. The third-order valence-electron chi connectivity index (χ3n) is 3.47. The van der Waals surface area contributed by atoms with Gasteiger partial charge in [-0.2, -0.15) is 4.89 Å². The lowest BCUT2D eigenvalue weighted by Gasteiger charge is -2.23. The van der Waals surface area contributed by atoms with Gasteiger partial charge < -0.3 is 4.89 Å². The lowest BCUT2D eigenvalue weighted by Crippen LogP contribution is -2.25. The van der Waals surface area contributed by atoms with Crippen LogP contribution < -0.4 is 4.89 Å². The van der Waals surface area contributed by atoms with Crippen molar-refractivity contribution >= 4 is 0 Å². The van der Waals surface area contributed by atoms with E-state index in [1.807, 2.05) is 13.8 Å². The topological polar surface area (TPSA) is 18.5 Å². The van der Waals surface area contributed by atoms with Crippen LogP contribution >= 0.6 is 0 Å². The van der Waals surface area contributed by atoms with E-state index in [0.717, 1.165) is 17.7 Å². The van der Waals surface area contributed by atoms with Crippen molar-refractivity contribution in [3.63, 3.8) is 0 Å². The van der Waals surface area contributed by atoms with E-state index in [-0.39, 0.29) is 5.60 Å². The first-order valence-corrected chi connectivity index (χ1v) is 6.74. The Hall–Kier alpha value is -1.02. The first kappa shape index (κ1) is 15.0. The van der Waals surface area contributed by atoms with E-state index >= 15 is 0 Å². The molecule has 0 saturated heterocycles. The molecule has 102 valence electrons. The fourth-order valence-corrected chi connectivity index (χ4v) is 1.81. The molecule has 0 saturated carbocycles. The second-order valence-corrected chi connectivity index (χ2v) is 5.86. The predicted molar refractivity (Wildman–Crippen MR) is 76.1 cm³/mol. The number of rotatable bonds is 5. The predicted octanol–water partition coefficient (Wildman–Crippen LogP) is 4.93. The molecule has 0 amide bonds. The number of benzene rings is 1. The summed E-state index contributed by atoms with van der Waals surface area (Å²) in [6.07, 6.45) is 0.912. The number of hydrogen-bond donors (Lipinski definition) is 0. The van der Waals surface area contributed by atoms with Gasteiger partial charge in [-0.15, -0.1) is 0 Å². The molecule has 0 aliphatic heterocycles. The van der Waals surface area contributed by atoms with Gasteiger partial charge >= 0.3 is 0 Å². The van der Waals surface area contributed by atoms with Gasteiger partial charge in [-0.05, 0) is 56.7 Å². The van der Waals surface area contributed by atoms with E-state index in [0.29, 0.717) is 5.92 Å². The normalized spacial score (nSPS) is 12.0. The molecule has 0 heterocycles. The Morgan fingerprint density at radius 1 is 1.17 bits per heavy atom. The van der Waals surface area contributed by atoms with Crippen LogP contribution in [0.4, 0.5) is 0 Å². The van der Waals surface area contributed by atoms with Crippen LogP contribution in [0.1, 0.15) is 63.6 Å². The Morgan fingerprint density at radius 2 is 1.78 bits per heavy atom. The van der Waals surface area contributed by atoms with Crippen LogP contribution in [0.15, 0.2) is 12.1 Å². The summed E-state index contributed by atoms with van der Waals surface area (Å²) in [5.41, 5.74) is 3.35. The molecule has 2 heteroatoms. The number of hydrogen-bond acceptors (Lipinski definition) is 2. The van der Waals surface area contributed by atoms with Crippen molar-refractivity contribution in [2.45, 2.75) is 66.4 Å². The zero-order valence-electron chi connectivity index (χ0n) is 12.8. The van der Waals surface area contributed by atoms with E-state index in [4.69, 9.17) is 9.78 Å². The molecule has 0 aliphatic carbocycles. The maximum absolute atomic E-state index is 5.61. The molecule has 0 aromatic heterocycles. The lowest BCUT2D eigenvalue weighted by molar-refractivity contribution is -0.282. The molecular formula is C16H26O2. The first-order chi connectivity index (χ1) is 8.28. The van der Waals surface area contributed by atoms with Crippen molar-refractivity contribution < 1.29 is 9.78 Å². The summed E-state index contributed by atoms with van der Waals surface area (Å²) in [6.45, 7) is 14.7. The molecule has 1 aromatic rings. The minimum absolute atomic E-state index is 0.257. The van der Waals surface area contributed by atoms with Crippen molar-refractivity contribution in [2.24, 2.45) is 0 Å². The van der Waals surface area contributed by atoms with Crippen LogP contribution in [-0.2, 0) is 4.89 Å². The average molecular weight is 250 g/mol. The average Bonchev–Trinajstić information content (AvgIpc) is 2.28. The second-order valence-electron chi connectivity index (χ2n) is 5.86. The second kappa shape index (κ2) is 5.75. The SMILES string of the molecule is CCC(C)(C)OOc1c(C)ccc(C(C)C)c1C. The zero-order chi connectivity index (χ0) is 13.9. The van der Waals surface area contributed by atoms with Gasteiger partial charge in [0.2, 0.25) is 0 Å². The van der Waals surface area contributed by atoms with Gasteiger partial charge in [-0.3, -0.25) is 0 Å². The molecule has 0 atom stereocenters. The van der Waals surface area contributed by atoms with Crippen molar-refractivity contribution in [3.05, 3.63) is 28.8 Å². The van der Waals surface area contributed by atoms with E-state index in [9.17, 15) is 0 Å². The van der Waals surface area contributed by atoms with Crippen molar-refractivity contribution in [1.82, 2.24) is 0 Å². The molecule has 2 nitrogen and oxygen atoms in total. The summed E-state index contributed by atoms with van der Waals surface area (Å²) in [4.78, 5) is 11.2. The van der Waals surface area contributed by atoms with Gasteiger partial charge in [0.25, 0.3) is 0 Å². The van der Waals surface area contributed by atoms with Crippen molar-refractivity contribution in [1.29, 1.82) is 0 Å². The molecule has 0 radical (unpaired) electrons. The standard InChI is InChI=1S/C16H26O2/c1-8-16(6,7)18-17-15-12(4)9-10-14(11(2)3)13(15)5/h9-11H,8H2,1-7H3. The summed E-state index contributed by atoms with van der Waals surface area (Å²) >= 11 is 0. The third kappa shape index (κ3) is 3.49. The molecule has 0 bridgehead atoms. The van der Waals surface area contributed by atoms with Crippen molar-refractivity contribution in [3.8, 4) is 5.75 Å². The van der Waals surface area contributed by atoms with E-state index in [2.05, 4.69) is 46.8 Å². The van der Waals surface area contributed by atoms with Crippen LogP contribution in [-0.4, -0.2) is 5.60 Å². The molecule has 0 N–H and O–H groups in total. The van der Waals surface area contributed by atoms with E-state index in [1.165, 1.54) is 11.1 Å². The lowest BCUT2D eigenvalue weighted by atomic mass is 9.95. The number of aryl methyl sites for hydroxylation is 1. The summed E-state index contributed by atoms with van der Waals surface area (Å²) in [7, 11) is 0. The highest BCUT2D eigenvalue weighted by Crippen LogP contribution is 2.31. The smallest absolute Gasteiger partial charge is 0.171 e. The maximum Gasteiger partial charge on any atom is 0.171 e. The van der Waals surface area contributed by atoms with Crippen LogP contribution in [0.5, 0.6) is 5.75 Å². The van der Waals surface area contributed by atoms with Gasteiger partial charge in [0, 0.05) is 0 Å². The quantitative estimate of drug-likeness (QED) is 0.545. The highest BCUT2D eigenvalue weighted by molar-refractivity contribution is 5.45. The van der Waals surface area contributed by atoms with E-state index < -0.39 is 0 Å². The summed E-state index contributed by atoms with van der Waals surface area (Å²) in [5, 5.41) is 0. The molecule has 0 spiro atoms. The monoisotopic (exact) mass is 250 g/mol. The Kier molecular flexibility index (Phi) is 4.80. The van der Waals surface area contributed by atoms with Gasteiger partial charge in [0.05, 0.1) is 0 Å². The summed E-state index contributed by atoms with van der Waals surface area (Å²) in [5.74, 6) is 1.36. The molecule has 1 aromatic carbocycles. The van der Waals surface area contributed by atoms with Gasteiger partial charge in [-0.1, -0.05) is 32.9 Å². The summed E-state index contributed by atoms with van der Waals surface area (Å²) < 4.78 is 0. The Labute approximate surface area is 111 Å². The highest BCUT2D eigenvalue weighted by atomic mass is 17.2. The molecule has 0 aliphatic rings. The van der Waals surface area contributed by atoms with Gasteiger partial charge in [-0.25, -0.2) is 0 Å². The van der Waals surface area contributed by atoms with Gasteiger partial charge in [0.15, 0.2) is 5.75 Å². The third-order valence-corrected chi connectivity index (χ3v) is 3.47. The minimum atomic E-state index is -0.257. The largest absolute Gasteiger partial charge is 0.336 e. The first-order valence-electron chi connectivity index (χ1n) is 6.74. The molecular weight excluding hydrogens is 224 g/mol. The van der Waals surface area contributed by atoms with Gasteiger partial charge in [0.1, 0.15) is 5.60 Å². The Bertz CT molecular complexity index is 406. The van der Waals surface area contributed by atoms with Crippen molar-refractivity contribution in [2.75, 3.05) is 0 Å². The maximum atomic E-state index is 5.61. The zero-order valence-corrected chi connectivity index (χ0v) is 12.8. The highest BCUT2D eigenvalue weighted by Gasteiger charge is 2.20. The Morgan fingerprint density at radius 3 is 2.28 bits per heavy atom. The minimum Gasteiger partial charge on any atom is -0.336 e. The fraction of sp³-hybridized carbons (Fsp3) is 0.625. The van der Waals surface area contributed by atoms with Crippen LogP contribution in [0, 0.1) is 13.8 Å².